The van der Waals surface area contributed by atoms with E-state index in [0.29, 0.717) is 19.5 Å². The lowest BCUT2D eigenvalue weighted by atomic mass is 9.81. The molecule has 0 saturated heterocycles. The number of carbonyl (C=O) groups excluding carboxylic acids is 2. The average Bonchev–Trinajstić information content (AvgIpc) is 3.19. The van der Waals surface area contributed by atoms with Crippen molar-refractivity contribution in [3.8, 4) is 5.75 Å². The van der Waals surface area contributed by atoms with Crippen LogP contribution in [-0.2, 0) is 21.7 Å². The van der Waals surface area contributed by atoms with Crippen LogP contribution < -0.4 is 10.1 Å². The number of benzene rings is 2. The number of likely N-dealkylation sites (N-methyl/N-ethyl adjacent to an activating group) is 1. The molecule has 1 N–H and O–H groups in total. The minimum atomic E-state index is -1.17. The highest BCUT2D eigenvalue weighted by Crippen LogP contribution is 2.41. The molecule has 2 aromatic carbocycles. The first-order valence-corrected chi connectivity index (χ1v) is 14.0. The number of unbranched alkanes of at least 4 members (excludes halogenated alkanes) is 4. The molecule has 0 aliphatic rings. The molecule has 6 nitrogen and oxygen atoms in total. The summed E-state index contributed by atoms with van der Waals surface area (Å²) in [7, 11) is 3.52. The number of fused-ring (bicyclic) bond motifs is 1. The number of carbonyl (C=O) groups is 2. The van der Waals surface area contributed by atoms with Crippen molar-refractivity contribution in [1.82, 2.24) is 14.8 Å². The minimum Gasteiger partial charge on any atom is -0.497 e. The fourth-order valence-corrected chi connectivity index (χ4v) is 5.55. The zero-order valence-electron chi connectivity index (χ0n) is 24.1. The van der Waals surface area contributed by atoms with Crippen molar-refractivity contribution in [2.75, 3.05) is 20.7 Å². The second-order valence-electron chi connectivity index (χ2n) is 10.4. The largest absolute Gasteiger partial charge is 0.497 e. The normalized spacial score (nSPS) is 12.8. The number of nitrogens with one attached hydrogen (secondary N) is 1. The quantitative estimate of drug-likeness (QED) is 0.245. The van der Waals surface area contributed by atoms with Gasteiger partial charge in [0.1, 0.15) is 11.3 Å². The molecule has 1 heterocycles. The van der Waals surface area contributed by atoms with Crippen LogP contribution in [0.1, 0.15) is 82.5 Å². The molecule has 1 unspecified atom stereocenters. The van der Waals surface area contributed by atoms with Gasteiger partial charge in [0.2, 0.25) is 5.91 Å². The van der Waals surface area contributed by atoms with Gasteiger partial charge in [0.15, 0.2) is 0 Å². The van der Waals surface area contributed by atoms with E-state index in [4.69, 9.17) is 4.74 Å². The third-order valence-electron chi connectivity index (χ3n) is 7.49. The van der Waals surface area contributed by atoms with E-state index in [2.05, 4.69) is 48.9 Å². The number of hydrogen-bond acceptors (Lipinski definition) is 3. The number of amides is 2. The van der Waals surface area contributed by atoms with Gasteiger partial charge in [-0.1, -0.05) is 76.3 Å². The van der Waals surface area contributed by atoms with Crippen LogP contribution >= 0.6 is 0 Å². The standard InChI is InChI=1S/C32H45N3O3/c1-7-9-11-15-20-32(33-25(4)36,31(37)34(5)21-10-8-2)30-24(3)35(23-26-16-13-12-14-17-26)29-19-18-27(38-6)22-28(29)30/h12-14,16-19,22H,7-11,15,20-21,23H2,1-6H3,(H,33,36). The Bertz CT molecular complexity index is 1220. The summed E-state index contributed by atoms with van der Waals surface area (Å²) >= 11 is 0. The molecule has 2 amide bonds. The van der Waals surface area contributed by atoms with Crippen LogP contribution in [-0.4, -0.2) is 42.0 Å². The van der Waals surface area contributed by atoms with Crippen molar-refractivity contribution in [1.29, 1.82) is 0 Å². The van der Waals surface area contributed by atoms with E-state index >= 15 is 0 Å². The molecular weight excluding hydrogens is 474 g/mol. The van der Waals surface area contributed by atoms with Crippen LogP contribution in [0.25, 0.3) is 10.9 Å². The van der Waals surface area contributed by atoms with Crippen LogP contribution in [0.15, 0.2) is 48.5 Å². The second kappa shape index (κ2) is 13.5. The first-order valence-electron chi connectivity index (χ1n) is 14.0. The number of rotatable bonds is 14. The van der Waals surface area contributed by atoms with Gasteiger partial charge in [-0.25, -0.2) is 0 Å². The Morgan fingerprint density at radius 1 is 1.00 bits per heavy atom. The van der Waals surface area contributed by atoms with Gasteiger partial charge >= 0.3 is 0 Å². The van der Waals surface area contributed by atoms with E-state index in [1.54, 1.807) is 12.0 Å². The van der Waals surface area contributed by atoms with E-state index in [-0.39, 0.29) is 11.8 Å². The highest BCUT2D eigenvalue weighted by molar-refractivity contribution is 5.99. The lowest BCUT2D eigenvalue weighted by Crippen LogP contribution is -2.56. The van der Waals surface area contributed by atoms with Gasteiger partial charge in [-0.05, 0) is 43.5 Å². The SMILES string of the molecule is CCCCCCC(NC(C)=O)(C(=O)N(C)CCCC)c1c(C)n(Cc2ccccc2)c2ccc(OC)cc12. The van der Waals surface area contributed by atoms with Crippen LogP contribution in [0.4, 0.5) is 0 Å². The van der Waals surface area contributed by atoms with E-state index in [9.17, 15) is 9.59 Å². The zero-order valence-corrected chi connectivity index (χ0v) is 24.1. The number of hydrogen-bond donors (Lipinski definition) is 1. The van der Waals surface area contributed by atoms with Gasteiger partial charge in [-0.2, -0.15) is 0 Å². The van der Waals surface area contributed by atoms with Crippen molar-refractivity contribution >= 4 is 22.7 Å². The maximum atomic E-state index is 14.5. The van der Waals surface area contributed by atoms with Crippen molar-refractivity contribution < 1.29 is 14.3 Å². The molecule has 0 saturated carbocycles. The van der Waals surface area contributed by atoms with Crippen LogP contribution in [0, 0.1) is 6.92 Å². The van der Waals surface area contributed by atoms with E-state index in [1.807, 2.05) is 37.4 Å². The number of aromatic nitrogens is 1. The lowest BCUT2D eigenvalue weighted by molar-refractivity contribution is -0.141. The summed E-state index contributed by atoms with van der Waals surface area (Å²) < 4.78 is 7.89. The average molecular weight is 520 g/mol. The summed E-state index contributed by atoms with van der Waals surface area (Å²) in [5.74, 6) is 0.469. The Kier molecular flexibility index (Phi) is 10.4. The minimum absolute atomic E-state index is 0.0534. The van der Waals surface area contributed by atoms with Gasteiger partial charge in [0.25, 0.3) is 5.91 Å². The Morgan fingerprint density at radius 2 is 1.71 bits per heavy atom. The summed E-state index contributed by atoms with van der Waals surface area (Å²) in [5.41, 5.74) is 2.89. The van der Waals surface area contributed by atoms with E-state index < -0.39 is 5.54 Å². The molecule has 1 aromatic heterocycles. The third kappa shape index (κ3) is 6.40. The maximum Gasteiger partial charge on any atom is 0.252 e. The summed E-state index contributed by atoms with van der Waals surface area (Å²) in [4.78, 5) is 29.1. The van der Waals surface area contributed by atoms with Crippen molar-refractivity contribution in [2.45, 2.75) is 84.7 Å². The molecule has 0 spiro atoms. The van der Waals surface area contributed by atoms with Crippen LogP contribution in [0.2, 0.25) is 0 Å². The van der Waals surface area contributed by atoms with Crippen molar-refractivity contribution in [2.24, 2.45) is 0 Å². The first kappa shape index (κ1) is 29.3. The van der Waals surface area contributed by atoms with E-state index in [0.717, 1.165) is 66.4 Å². The molecule has 38 heavy (non-hydrogen) atoms. The van der Waals surface area contributed by atoms with Crippen molar-refractivity contribution in [3.05, 3.63) is 65.4 Å². The van der Waals surface area contributed by atoms with Gasteiger partial charge < -0.3 is 19.5 Å². The van der Waals surface area contributed by atoms with Crippen LogP contribution in [0.3, 0.4) is 0 Å². The lowest BCUT2D eigenvalue weighted by Gasteiger charge is -2.37. The second-order valence-corrected chi connectivity index (χ2v) is 10.4. The molecule has 0 bridgehead atoms. The molecule has 3 rings (SSSR count). The molecule has 3 aromatic rings. The predicted molar refractivity (Wildman–Crippen MR) is 156 cm³/mol. The zero-order chi connectivity index (χ0) is 27.7. The summed E-state index contributed by atoms with van der Waals surface area (Å²) in [5, 5.41) is 4.15. The molecule has 0 aliphatic carbocycles. The van der Waals surface area contributed by atoms with Crippen LogP contribution in [0.5, 0.6) is 5.75 Å². The Labute approximate surface area is 228 Å². The van der Waals surface area contributed by atoms with Gasteiger partial charge in [-0.3, -0.25) is 9.59 Å². The summed E-state index contributed by atoms with van der Waals surface area (Å²) in [6.07, 6.45) is 6.50. The monoisotopic (exact) mass is 519 g/mol. The number of methoxy groups -OCH3 is 1. The maximum absolute atomic E-state index is 14.5. The summed E-state index contributed by atoms with van der Waals surface area (Å²) in [6, 6.07) is 16.4. The fraction of sp³-hybridized carbons (Fsp3) is 0.500. The topological polar surface area (TPSA) is 63.6 Å². The molecule has 0 fully saturated rings. The third-order valence-corrected chi connectivity index (χ3v) is 7.49. The van der Waals surface area contributed by atoms with Gasteiger partial charge in [0.05, 0.1) is 7.11 Å². The Morgan fingerprint density at radius 3 is 2.34 bits per heavy atom. The highest BCUT2D eigenvalue weighted by Gasteiger charge is 2.45. The Hall–Kier alpha value is -3.28. The first-order chi connectivity index (χ1) is 18.3. The molecule has 0 aliphatic heterocycles. The van der Waals surface area contributed by atoms with Crippen molar-refractivity contribution in [3.63, 3.8) is 0 Å². The smallest absolute Gasteiger partial charge is 0.252 e. The molecule has 1 atom stereocenters. The van der Waals surface area contributed by atoms with Gasteiger partial charge in [-0.15, -0.1) is 0 Å². The van der Waals surface area contributed by atoms with E-state index in [1.165, 1.54) is 12.5 Å². The highest BCUT2D eigenvalue weighted by atomic mass is 16.5. The number of ether oxygens (including phenoxy) is 1. The fourth-order valence-electron chi connectivity index (χ4n) is 5.55. The molecule has 0 radical (unpaired) electrons. The molecule has 6 heteroatoms. The van der Waals surface area contributed by atoms with Gasteiger partial charge in [0, 0.05) is 49.2 Å². The summed E-state index contributed by atoms with van der Waals surface area (Å²) in [6.45, 7) is 9.21. The molecule has 206 valence electrons. The Balaban J connectivity index is 2.30. The predicted octanol–water partition coefficient (Wildman–Crippen LogP) is 6.57. The number of nitrogens with zero attached hydrogens (tertiary/aromatic N) is 2. The molecular formula is C32H45N3O3.